The Morgan fingerprint density at radius 3 is 2.29 bits per heavy atom. The number of nitrogens with one attached hydrogen (secondary N) is 2. The van der Waals surface area contributed by atoms with Gasteiger partial charge < -0.3 is 20.8 Å². The molecular weight excluding hydrogens is 322 g/mol. The van der Waals surface area contributed by atoms with E-state index in [1.807, 2.05) is 0 Å². The van der Waals surface area contributed by atoms with Crippen LogP contribution in [0.3, 0.4) is 0 Å². The Kier molecular flexibility index (Phi) is 9.21. The van der Waals surface area contributed by atoms with E-state index < -0.39 is 42.4 Å². The van der Waals surface area contributed by atoms with Gasteiger partial charge in [-0.15, -0.1) is 0 Å². The Morgan fingerprint density at radius 2 is 1.86 bits per heavy atom. The molecule has 0 fully saturated rings. The molecule has 0 aliphatic carbocycles. The molecule has 2 unspecified atom stereocenters. The van der Waals surface area contributed by atoms with Crippen LogP contribution >= 0.6 is 12.6 Å². The molecule has 0 aromatic carbocycles. The zero-order valence-corrected chi connectivity index (χ0v) is 12.5. The highest BCUT2D eigenvalue weighted by molar-refractivity contribution is 7.80. The van der Waals surface area contributed by atoms with Crippen molar-refractivity contribution in [1.82, 2.24) is 10.6 Å². The van der Waals surface area contributed by atoms with Crippen LogP contribution in [0.5, 0.6) is 0 Å². The lowest BCUT2D eigenvalue weighted by molar-refractivity contribution is -0.139. The highest BCUT2D eigenvalue weighted by Gasteiger charge is 2.22. The fourth-order valence-electron chi connectivity index (χ4n) is 1.24. The number of carbonyl (C=O) groups is 4. The Balaban J connectivity index is 4.32. The molecule has 0 saturated carbocycles. The number of hydrogen-bond acceptors (Lipinski definition) is 7. The Labute approximate surface area is 131 Å². The molecule has 2 atom stereocenters. The van der Waals surface area contributed by atoms with Crippen molar-refractivity contribution in [3.63, 3.8) is 0 Å². The molecule has 0 aromatic heterocycles. The summed E-state index contributed by atoms with van der Waals surface area (Å²) >= 11 is 8.17. The maximum Gasteiger partial charge on any atom is 0.329 e. The van der Waals surface area contributed by atoms with E-state index in [1.165, 1.54) is 0 Å². The van der Waals surface area contributed by atoms with Crippen LogP contribution in [0.1, 0.15) is 12.8 Å². The van der Waals surface area contributed by atoms with Gasteiger partial charge in [-0.3, -0.25) is 14.4 Å². The summed E-state index contributed by atoms with van der Waals surface area (Å²) in [6, 6.07) is -2.18. The van der Waals surface area contributed by atoms with Gasteiger partial charge in [0.2, 0.25) is 11.8 Å². The number of hydrogen-bond donors (Lipinski definition) is 5. The van der Waals surface area contributed by atoms with Crippen LogP contribution in [0.15, 0.2) is 4.36 Å². The van der Waals surface area contributed by atoms with Gasteiger partial charge in [0, 0.05) is 24.6 Å². The molecule has 0 aliphatic rings. The number of carbonyl (C=O) groups excluding carboxylic acids is 2. The van der Waals surface area contributed by atoms with Gasteiger partial charge in [-0.05, 0) is 6.42 Å². The molecule has 118 valence electrons. The van der Waals surface area contributed by atoms with Crippen molar-refractivity contribution in [3.05, 3.63) is 0 Å². The molecule has 4 N–H and O–H groups in total. The molecule has 0 aliphatic heterocycles. The Bertz CT molecular complexity index is 431. The second-order valence-electron chi connectivity index (χ2n) is 3.91. The fourth-order valence-corrected chi connectivity index (χ4v) is 1.69. The Hall–Kier alpha value is -1.75. The van der Waals surface area contributed by atoms with E-state index in [0.717, 1.165) is 0 Å². The van der Waals surface area contributed by atoms with Gasteiger partial charge in [0.05, 0.1) is 0 Å². The zero-order valence-electron chi connectivity index (χ0n) is 10.8. The predicted octanol–water partition coefficient (Wildman–Crippen LogP) is -1.43. The van der Waals surface area contributed by atoms with Crippen LogP contribution in [0.4, 0.5) is 0 Å². The normalized spacial score (nSPS) is 12.8. The minimum absolute atomic E-state index is 0.0367. The van der Waals surface area contributed by atoms with E-state index in [4.69, 9.17) is 10.2 Å². The summed E-state index contributed by atoms with van der Waals surface area (Å²) in [5.41, 5.74) is 0. The van der Waals surface area contributed by atoms with Crippen molar-refractivity contribution < 1.29 is 29.4 Å². The molecular formula is C10H15N3O6S2. The molecule has 21 heavy (non-hydrogen) atoms. The van der Waals surface area contributed by atoms with E-state index in [1.54, 1.807) is 0 Å². The molecule has 0 rings (SSSR count). The third-order valence-electron chi connectivity index (χ3n) is 2.31. The van der Waals surface area contributed by atoms with Crippen LogP contribution in [-0.2, 0) is 31.6 Å². The van der Waals surface area contributed by atoms with Crippen molar-refractivity contribution in [1.29, 1.82) is 0 Å². The van der Waals surface area contributed by atoms with Gasteiger partial charge in [-0.2, -0.15) is 12.6 Å². The average molecular weight is 337 g/mol. The summed E-state index contributed by atoms with van der Waals surface area (Å²) in [6.07, 6.45) is -0.283. The van der Waals surface area contributed by atoms with E-state index in [9.17, 15) is 19.2 Å². The van der Waals surface area contributed by atoms with Gasteiger partial charge in [-0.25, -0.2) is 9.16 Å². The number of aliphatic carboxylic acids is 2. The van der Waals surface area contributed by atoms with Crippen LogP contribution in [0.25, 0.3) is 0 Å². The summed E-state index contributed by atoms with van der Waals surface area (Å²) < 4.78 is 3.19. The van der Waals surface area contributed by atoms with E-state index >= 15 is 0 Å². The molecule has 0 heterocycles. The minimum Gasteiger partial charge on any atom is -0.480 e. The lowest BCUT2D eigenvalue weighted by Gasteiger charge is -2.16. The first-order valence-electron chi connectivity index (χ1n) is 5.76. The second kappa shape index (κ2) is 10.0. The highest BCUT2D eigenvalue weighted by Crippen LogP contribution is 2.02. The molecule has 9 nitrogen and oxygen atoms in total. The van der Waals surface area contributed by atoms with Crippen molar-refractivity contribution in [2.45, 2.75) is 24.9 Å². The van der Waals surface area contributed by atoms with Crippen LogP contribution in [-0.4, -0.2) is 58.3 Å². The number of carboxylic acids is 2. The number of thiol groups is 1. The number of rotatable bonds is 10. The summed E-state index contributed by atoms with van der Waals surface area (Å²) in [6.45, 7) is -0.575. The monoisotopic (exact) mass is 337 g/mol. The quantitative estimate of drug-likeness (QED) is 0.307. The fraction of sp³-hybridized carbons (Fsp3) is 0.600. The van der Waals surface area contributed by atoms with Crippen molar-refractivity contribution in [2.24, 2.45) is 4.36 Å². The first kappa shape index (κ1) is 19.2. The molecule has 0 spiro atoms. The summed E-state index contributed by atoms with van der Waals surface area (Å²) in [5.74, 6) is -3.76. The third-order valence-corrected chi connectivity index (χ3v) is 2.92. The number of nitrogens with zero attached hydrogens (tertiary/aromatic N) is 1. The molecule has 0 saturated heterocycles. The molecule has 2 amide bonds. The van der Waals surface area contributed by atoms with Gasteiger partial charge in [0.15, 0.2) is 6.04 Å². The smallest absolute Gasteiger partial charge is 0.329 e. The lowest BCUT2D eigenvalue weighted by atomic mass is 10.1. The summed E-state index contributed by atoms with van der Waals surface area (Å²) in [5, 5.41) is 21.5. The third kappa shape index (κ3) is 8.19. The van der Waals surface area contributed by atoms with Gasteiger partial charge in [-0.1, -0.05) is 0 Å². The van der Waals surface area contributed by atoms with Crippen LogP contribution < -0.4 is 10.6 Å². The Morgan fingerprint density at radius 1 is 1.24 bits per heavy atom. The topological polar surface area (TPSA) is 145 Å². The van der Waals surface area contributed by atoms with Crippen LogP contribution in [0, 0.1) is 0 Å². The summed E-state index contributed by atoms with van der Waals surface area (Å²) in [4.78, 5) is 44.1. The first-order chi connectivity index (χ1) is 9.81. The molecule has 11 heteroatoms. The first-order valence-corrected chi connectivity index (χ1v) is 6.76. The van der Waals surface area contributed by atoms with E-state index in [2.05, 4.69) is 40.1 Å². The maximum atomic E-state index is 11.6. The molecule has 0 radical (unpaired) electrons. The van der Waals surface area contributed by atoms with Gasteiger partial charge >= 0.3 is 11.9 Å². The standard InChI is InChI=1S/C10H15N3O6S2/c14-7(2-1-5(13-21)10(18)19)12-6(4-20)9(17)11-3-8(15)16/h5-6,20H,1-4H2,(H,11,17)(H,12,14)(H,15,16)(H,18,19). The molecule has 0 bridgehead atoms. The van der Waals surface area contributed by atoms with Crippen molar-refractivity contribution in [2.75, 3.05) is 12.3 Å². The zero-order chi connectivity index (χ0) is 16.4. The van der Waals surface area contributed by atoms with Crippen molar-refractivity contribution in [3.8, 4) is 0 Å². The number of amides is 2. The highest BCUT2D eigenvalue weighted by atomic mass is 32.1. The maximum absolute atomic E-state index is 11.6. The van der Waals surface area contributed by atoms with Crippen LogP contribution in [0.2, 0.25) is 0 Å². The second-order valence-corrected chi connectivity index (χ2v) is 4.49. The van der Waals surface area contributed by atoms with E-state index in [0.29, 0.717) is 0 Å². The van der Waals surface area contributed by atoms with E-state index in [-0.39, 0.29) is 18.6 Å². The average Bonchev–Trinajstić information content (AvgIpc) is 2.42. The summed E-state index contributed by atoms with van der Waals surface area (Å²) in [7, 11) is 0. The lowest BCUT2D eigenvalue weighted by Crippen LogP contribution is -2.49. The molecule has 0 aromatic rings. The van der Waals surface area contributed by atoms with Crippen molar-refractivity contribution >= 4 is 48.8 Å². The SMILES string of the molecule is O=C(O)CNC(=O)C(CS)NC(=O)CCC(N=S)C(=O)O. The predicted molar refractivity (Wildman–Crippen MR) is 76.9 cm³/mol. The largest absolute Gasteiger partial charge is 0.480 e. The van der Waals surface area contributed by atoms with Gasteiger partial charge in [0.25, 0.3) is 0 Å². The van der Waals surface area contributed by atoms with Gasteiger partial charge in [0.1, 0.15) is 12.6 Å². The minimum atomic E-state index is -1.23. The number of carboxylic acid groups (broad SMARTS) is 2.